The number of anilines is 1. The summed E-state index contributed by atoms with van der Waals surface area (Å²) in [5.74, 6) is -0.0875. The fourth-order valence-corrected chi connectivity index (χ4v) is 2.35. The van der Waals surface area contributed by atoms with Crippen LogP contribution in [0.3, 0.4) is 0 Å². The maximum Gasteiger partial charge on any atom is 0.238 e. The minimum Gasteiger partial charge on any atom is -0.395 e. The summed E-state index contributed by atoms with van der Waals surface area (Å²) >= 11 is 5.90. The molecule has 2 heterocycles. The van der Waals surface area contributed by atoms with Crippen molar-refractivity contribution in [2.45, 2.75) is 0 Å². The van der Waals surface area contributed by atoms with E-state index in [9.17, 15) is 4.79 Å². The van der Waals surface area contributed by atoms with E-state index < -0.39 is 0 Å². The number of pyridine rings is 1. The molecule has 1 aliphatic heterocycles. The average Bonchev–Trinajstić information content (AvgIpc) is 2.44. The van der Waals surface area contributed by atoms with E-state index in [0.29, 0.717) is 23.9 Å². The fraction of sp³-hybridized carbons (Fsp3) is 0.538. The summed E-state index contributed by atoms with van der Waals surface area (Å²) in [5.41, 5.74) is 0.540. The number of amides is 1. The van der Waals surface area contributed by atoms with Gasteiger partial charge < -0.3 is 10.4 Å². The van der Waals surface area contributed by atoms with Crippen molar-refractivity contribution in [2.24, 2.45) is 0 Å². The molecule has 20 heavy (non-hydrogen) atoms. The second-order valence-electron chi connectivity index (χ2n) is 4.73. The summed E-state index contributed by atoms with van der Waals surface area (Å²) in [7, 11) is 0. The lowest BCUT2D eigenvalue weighted by Crippen LogP contribution is -2.49. The minimum absolute atomic E-state index is 0.0875. The van der Waals surface area contributed by atoms with Gasteiger partial charge in [0.25, 0.3) is 0 Å². The highest BCUT2D eigenvalue weighted by Gasteiger charge is 2.18. The number of β-amino-alcohol motifs (C(OH)–C–C–N with tert-alkyl or cyclic N) is 1. The van der Waals surface area contributed by atoms with Crippen molar-refractivity contribution in [2.75, 3.05) is 51.2 Å². The van der Waals surface area contributed by atoms with Gasteiger partial charge in [-0.25, -0.2) is 4.98 Å². The van der Waals surface area contributed by atoms with E-state index in [1.54, 1.807) is 18.3 Å². The Morgan fingerprint density at radius 1 is 1.35 bits per heavy atom. The van der Waals surface area contributed by atoms with E-state index in [2.05, 4.69) is 20.1 Å². The van der Waals surface area contributed by atoms with E-state index in [-0.39, 0.29) is 12.5 Å². The molecule has 0 aliphatic carbocycles. The van der Waals surface area contributed by atoms with E-state index in [4.69, 9.17) is 16.7 Å². The molecule has 1 saturated heterocycles. The Labute approximate surface area is 123 Å². The predicted molar refractivity (Wildman–Crippen MR) is 77.8 cm³/mol. The smallest absolute Gasteiger partial charge is 0.238 e. The molecule has 7 heteroatoms. The van der Waals surface area contributed by atoms with Gasteiger partial charge in [-0.05, 0) is 12.1 Å². The number of carbonyl (C=O) groups excluding carboxylic acids is 1. The van der Waals surface area contributed by atoms with Gasteiger partial charge in [-0.1, -0.05) is 11.6 Å². The van der Waals surface area contributed by atoms with Crippen molar-refractivity contribution in [1.29, 1.82) is 0 Å². The number of hydrogen-bond donors (Lipinski definition) is 2. The summed E-state index contributed by atoms with van der Waals surface area (Å²) in [4.78, 5) is 20.1. The zero-order chi connectivity index (χ0) is 14.4. The van der Waals surface area contributed by atoms with Crippen LogP contribution in [0.2, 0.25) is 5.15 Å². The first kappa shape index (κ1) is 15.2. The third-order valence-corrected chi connectivity index (χ3v) is 3.58. The van der Waals surface area contributed by atoms with Gasteiger partial charge >= 0.3 is 0 Å². The van der Waals surface area contributed by atoms with Gasteiger partial charge in [0.15, 0.2) is 5.15 Å². The Hall–Kier alpha value is -1.21. The van der Waals surface area contributed by atoms with Gasteiger partial charge in [-0.3, -0.25) is 14.6 Å². The molecule has 1 aromatic heterocycles. The van der Waals surface area contributed by atoms with Crippen LogP contribution in [0.15, 0.2) is 18.3 Å². The summed E-state index contributed by atoms with van der Waals surface area (Å²) in [6, 6.07) is 3.46. The van der Waals surface area contributed by atoms with Crippen LogP contribution in [0.4, 0.5) is 5.69 Å². The Bertz CT molecular complexity index is 450. The van der Waals surface area contributed by atoms with Crippen molar-refractivity contribution < 1.29 is 9.90 Å². The maximum atomic E-state index is 11.9. The average molecular weight is 299 g/mol. The molecule has 1 amide bonds. The Morgan fingerprint density at radius 2 is 2.05 bits per heavy atom. The number of nitrogens with one attached hydrogen (secondary N) is 1. The third kappa shape index (κ3) is 4.42. The largest absolute Gasteiger partial charge is 0.395 e. The standard InChI is InChI=1S/C13H19ClN4O2/c14-13-11(2-1-3-15-13)16-12(20)10-18-6-4-17(5-7-18)8-9-19/h1-3,19H,4-10H2,(H,16,20). The number of aliphatic hydroxyl groups excluding tert-OH is 1. The summed E-state index contributed by atoms with van der Waals surface area (Å²) in [5, 5.41) is 11.9. The molecule has 1 aromatic rings. The number of hydrogen-bond acceptors (Lipinski definition) is 5. The SMILES string of the molecule is O=C(CN1CCN(CCO)CC1)Nc1cccnc1Cl. The Balaban J connectivity index is 1.77. The van der Waals surface area contributed by atoms with Crippen LogP contribution < -0.4 is 5.32 Å². The van der Waals surface area contributed by atoms with Gasteiger partial charge in [0.2, 0.25) is 5.91 Å². The van der Waals surface area contributed by atoms with Gasteiger partial charge in [0, 0.05) is 38.9 Å². The lowest BCUT2D eigenvalue weighted by molar-refractivity contribution is -0.117. The summed E-state index contributed by atoms with van der Waals surface area (Å²) in [6.07, 6.45) is 1.58. The molecule has 110 valence electrons. The van der Waals surface area contributed by atoms with Crippen LogP contribution in [-0.4, -0.2) is 71.7 Å². The summed E-state index contributed by atoms with van der Waals surface area (Å²) in [6.45, 7) is 4.63. The van der Waals surface area contributed by atoms with Crippen LogP contribution in [0, 0.1) is 0 Å². The molecular formula is C13H19ClN4O2. The first-order valence-corrected chi connectivity index (χ1v) is 7.03. The molecule has 2 rings (SSSR count). The number of halogens is 1. The molecule has 0 spiro atoms. The Morgan fingerprint density at radius 3 is 2.70 bits per heavy atom. The van der Waals surface area contributed by atoms with Gasteiger partial charge in [0.1, 0.15) is 0 Å². The van der Waals surface area contributed by atoms with Crippen molar-refractivity contribution in [3.05, 3.63) is 23.5 Å². The van der Waals surface area contributed by atoms with Crippen molar-refractivity contribution in [1.82, 2.24) is 14.8 Å². The van der Waals surface area contributed by atoms with Gasteiger partial charge in [-0.2, -0.15) is 0 Å². The molecule has 0 radical (unpaired) electrons. The minimum atomic E-state index is -0.0875. The van der Waals surface area contributed by atoms with Crippen molar-refractivity contribution >= 4 is 23.2 Å². The van der Waals surface area contributed by atoms with Crippen LogP contribution >= 0.6 is 11.6 Å². The van der Waals surface area contributed by atoms with E-state index >= 15 is 0 Å². The lowest BCUT2D eigenvalue weighted by atomic mass is 10.3. The van der Waals surface area contributed by atoms with E-state index in [1.165, 1.54) is 0 Å². The monoisotopic (exact) mass is 298 g/mol. The van der Waals surface area contributed by atoms with Crippen LogP contribution in [0.5, 0.6) is 0 Å². The van der Waals surface area contributed by atoms with E-state index in [0.717, 1.165) is 26.2 Å². The number of aromatic nitrogens is 1. The summed E-state index contributed by atoms with van der Waals surface area (Å²) < 4.78 is 0. The second-order valence-corrected chi connectivity index (χ2v) is 5.09. The molecule has 0 atom stereocenters. The number of piperazine rings is 1. The lowest BCUT2D eigenvalue weighted by Gasteiger charge is -2.33. The maximum absolute atomic E-state index is 11.9. The highest BCUT2D eigenvalue weighted by atomic mass is 35.5. The van der Waals surface area contributed by atoms with Crippen LogP contribution in [-0.2, 0) is 4.79 Å². The van der Waals surface area contributed by atoms with Gasteiger partial charge in [0.05, 0.1) is 18.8 Å². The zero-order valence-corrected chi connectivity index (χ0v) is 12.0. The van der Waals surface area contributed by atoms with Crippen LogP contribution in [0.25, 0.3) is 0 Å². The highest BCUT2D eigenvalue weighted by Crippen LogP contribution is 2.17. The predicted octanol–water partition coefficient (Wildman–Crippen LogP) is 0.283. The normalized spacial score (nSPS) is 17.1. The first-order valence-electron chi connectivity index (χ1n) is 6.65. The molecule has 0 saturated carbocycles. The highest BCUT2D eigenvalue weighted by molar-refractivity contribution is 6.32. The van der Waals surface area contributed by atoms with Crippen molar-refractivity contribution in [3.63, 3.8) is 0 Å². The molecule has 0 unspecified atom stereocenters. The fourth-order valence-electron chi connectivity index (χ4n) is 2.18. The quantitative estimate of drug-likeness (QED) is 0.765. The molecule has 2 N–H and O–H groups in total. The first-order chi connectivity index (χ1) is 9.69. The number of nitrogens with zero attached hydrogens (tertiary/aromatic N) is 3. The van der Waals surface area contributed by atoms with Crippen LogP contribution in [0.1, 0.15) is 0 Å². The van der Waals surface area contributed by atoms with Crippen molar-refractivity contribution in [3.8, 4) is 0 Å². The molecule has 6 nitrogen and oxygen atoms in total. The number of carbonyl (C=O) groups is 1. The number of aliphatic hydroxyl groups is 1. The molecule has 0 bridgehead atoms. The number of rotatable bonds is 5. The molecule has 0 aromatic carbocycles. The zero-order valence-electron chi connectivity index (χ0n) is 11.3. The molecular weight excluding hydrogens is 280 g/mol. The molecule has 1 fully saturated rings. The van der Waals surface area contributed by atoms with Gasteiger partial charge in [-0.15, -0.1) is 0 Å². The Kier molecular flexibility index (Phi) is 5.72. The third-order valence-electron chi connectivity index (χ3n) is 3.28. The second kappa shape index (κ2) is 7.54. The van der Waals surface area contributed by atoms with E-state index in [1.807, 2.05) is 0 Å². The topological polar surface area (TPSA) is 68.7 Å². The molecule has 1 aliphatic rings.